The highest BCUT2D eigenvalue weighted by Gasteiger charge is 2.29. The van der Waals surface area contributed by atoms with E-state index in [1.165, 1.54) is 9.88 Å². The van der Waals surface area contributed by atoms with E-state index in [1.54, 1.807) is 18.4 Å². The van der Waals surface area contributed by atoms with Gasteiger partial charge in [0.05, 0.1) is 17.2 Å². The molecule has 1 fully saturated rings. The lowest BCUT2D eigenvalue weighted by atomic mass is 9.78. The summed E-state index contributed by atoms with van der Waals surface area (Å²) in [7, 11) is 1.66. The van der Waals surface area contributed by atoms with E-state index in [9.17, 15) is 0 Å². The number of rotatable bonds is 7. The molecule has 3 rings (SSSR count). The quantitative estimate of drug-likeness (QED) is 0.787. The van der Waals surface area contributed by atoms with E-state index < -0.39 is 0 Å². The molecule has 0 saturated heterocycles. The third kappa shape index (κ3) is 4.34. The maximum atomic E-state index is 5.93. The van der Waals surface area contributed by atoms with E-state index in [0.29, 0.717) is 30.3 Å². The van der Waals surface area contributed by atoms with Crippen LogP contribution < -0.4 is 11.1 Å². The molecule has 0 radical (unpaired) electrons. The molecule has 25 heavy (non-hydrogen) atoms. The van der Waals surface area contributed by atoms with Crippen LogP contribution in [0.2, 0.25) is 0 Å². The summed E-state index contributed by atoms with van der Waals surface area (Å²) in [6, 6.07) is 2.35. The molecular formula is C18H27N5OS. The van der Waals surface area contributed by atoms with E-state index in [1.807, 2.05) is 0 Å². The van der Waals surface area contributed by atoms with Crippen molar-refractivity contribution in [2.45, 2.75) is 64.6 Å². The van der Waals surface area contributed by atoms with Gasteiger partial charge in [0, 0.05) is 41.6 Å². The highest BCUT2D eigenvalue weighted by atomic mass is 32.1. The summed E-state index contributed by atoms with van der Waals surface area (Å²) >= 11 is 1.77. The first-order chi connectivity index (χ1) is 12.0. The summed E-state index contributed by atoms with van der Waals surface area (Å²) in [6.07, 6.45) is 1.99. The molecular weight excluding hydrogens is 334 g/mol. The normalized spacial score (nSPS) is 19.9. The smallest absolute Gasteiger partial charge is 0.156 e. The average Bonchev–Trinajstić information content (AvgIpc) is 2.91. The molecule has 2 aromatic rings. The molecule has 1 aliphatic carbocycles. The third-order valence-corrected chi connectivity index (χ3v) is 5.95. The lowest BCUT2D eigenvalue weighted by Gasteiger charge is -2.32. The molecule has 2 aromatic heterocycles. The van der Waals surface area contributed by atoms with Crippen LogP contribution in [0.25, 0.3) is 0 Å². The minimum absolute atomic E-state index is 0.302. The van der Waals surface area contributed by atoms with Crippen molar-refractivity contribution >= 4 is 17.2 Å². The zero-order valence-electron chi connectivity index (χ0n) is 15.4. The van der Waals surface area contributed by atoms with Gasteiger partial charge in [0.25, 0.3) is 0 Å². The van der Waals surface area contributed by atoms with E-state index >= 15 is 0 Å². The van der Waals surface area contributed by atoms with Crippen LogP contribution in [-0.2, 0) is 17.9 Å². The zero-order chi connectivity index (χ0) is 18.0. The van der Waals surface area contributed by atoms with Crippen molar-refractivity contribution in [2.75, 3.05) is 12.4 Å². The second-order valence-electron chi connectivity index (χ2n) is 7.02. The lowest BCUT2D eigenvalue weighted by Crippen LogP contribution is -2.35. The molecule has 0 bridgehead atoms. The number of hydrogen-bond acceptors (Lipinski definition) is 7. The van der Waals surface area contributed by atoms with Gasteiger partial charge in [-0.05, 0) is 19.8 Å². The molecule has 3 N–H and O–H groups in total. The van der Waals surface area contributed by atoms with Crippen molar-refractivity contribution < 1.29 is 4.74 Å². The Hall–Kier alpha value is -1.57. The molecule has 1 aliphatic rings. The van der Waals surface area contributed by atoms with Gasteiger partial charge in [-0.15, -0.1) is 11.3 Å². The zero-order valence-corrected chi connectivity index (χ0v) is 16.2. The molecule has 0 aromatic carbocycles. The molecule has 0 atom stereocenters. The molecule has 1 saturated carbocycles. The van der Waals surface area contributed by atoms with E-state index in [0.717, 1.165) is 36.6 Å². The van der Waals surface area contributed by atoms with Gasteiger partial charge in [-0.2, -0.15) is 0 Å². The van der Waals surface area contributed by atoms with E-state index in [4.69, 9.17) is 10.5 Å². The summed E-state index contributed by atoms with van der Waals surface area (Å²) in [5, 5.41) is 4.62. The van der Waals surface area contributed by atoms with Gasteiger partial charge >= 0.3 is 0 Å². The number of ether oxygens (including phenoxy) is 1. The number of nitrogens with zero attached hydrogens (tertiary/aromatic N) is 3. The van der Waals surface area contributed by atoms with Crippen molar-refractivity contribution in [1.82, 2.24) is 15.0 Å². The van der Waals surface area contributed by atoms with Crippen molar-refractivity contribution in [3.05, 3.63) is 33.2 Å². The number of anilines is 1. The van der Waals surface area contributed by atoms with Crippen molar-refractivity contribution in [3.63, 3.8) is 0 Å². The average molecular weight is 362 g/mol. The Morgan fingerprint density at radius 3 is 2.68 bits per heavy atom. The number of nitrogens with two attached hydrogens (primary N) is 1. The fourth-order valence-corrected chi connectivity index (χ4v) is 3.96. The monoisotopic (exact) mass is 361 g/mol. The number of aryl methyl sites for hydroxylation is 1. The highest BCUT2D eigenvalue weighted by Crippen LogP contribution is 2.35. The number of methoxy groups -OCH3 is 1. The Labute approximate surface area is 153 Å². The van der Waals surface area contributed by atoms with Crippen LogP contribution in [0.5, 0.6) is 0 Å². The topological polar surface area (TPSA) is 86.0 Å². The number of aromatic nitrogens is 3. The van der Waals surface area contributed by atoms with Crippen LogP contribution in [0.4, 0.5) is 5.82 Å². The van der Waals surface area contributed by atoms with Crippen LogP contribution in [0.1, 0.15) is 65.6 Å². The van der Waals surface area contributed by atoms with Crippen molar-refractivity contribution in [1.29, 1.82) is 0 Å². The SMILES string of the molecule is COCc1nc(NCc2sc(C(C)C)nc2C)cc(C2CC(N)C2)n1. The van der Waals surface area contributed by atoms with Crippen LogP contribution in [0.3, 0.4) is 0 Å². The summed E-state index contributed by atoms with van der Waals surface area (Å²) in [5.74, 6) is 2.45. The summed E-state index contributed by atoms with van der Waals surface area (Å²) < 4.78 is 5.22. The van der Waals surface area contributed by atoms with Crippen LogP contribution >= 0.6 is 11.3 Å². The van der Waals surface area contributed by atoms with Crippen LogP contribution in [-0.4, -0.2) is 28.1 Å². The predicted octanol–water partition coefficient (Wildman–Crippen LogP) is 3.33. The van der Waals surface area contributed by atoms with Crippen molar-refractivity contribution in [2.24, 2.45) is 5.73 Å². The van der Waals surface area contributed by atoms with E-state index in [-0.39, 0.29) is 0 Å². The maximum absolute atomic E-state index is 5.93. The van der Waals surface area contributed by atoms with Gasteiger partial charge < -0.3 is 15.8 Å². The molecule has 6 nitrogen and oxygen atoms in total. The summed E-state index contributed by atoms with van der Waals surface area (Å²) in [4.78, 5) is 15.1. The fraction of sp³-hybridized carbons (Fsp3) is 0.611. The highest BCUT2D eigenvalue weighted by molar-refractivity contribution is 7.11. The maximum Gasteiger partial charge on any atom is 0.156 e. The molecule has 0 aliphatic heterocycles. The lowest BCUT2D eigenvalue weighted by molar-refractivity contribution is 0.177. The van der Waals surface area contributed by atoms with Gasteiger partial charge in [0.2, 0.25) is 0 Å². The standard InChI is InChI=1S/C18H27N5OS/c1-10(2)18-21-11(3)15(25-18)8-20-16-7-14(12-5-13(19)6-12)22-17(23-16)9-24-4/h7,10,12-13H,5-6,8-9,19H2,1-4H3,(H,20,22,23). The summed E-state index contributed by atoms with van der Waals surface area (Å²) in [6.45, 7) is 7.55. The van der Waals surface area contributed by atoms with Gasteiger partial charge in [-0.3, -0.25) is 0 Å². The number of thiazole rings is 1. The first kappa shape index (κ1) is 18.2. The van der Waals surface area contributed by atoms with Crippen LogP contribution in [0.15, 0.2) is 6.07 Å². The fourth-order valence-electron chi connectivity index (χ4n) is 2.95. The minimum atomic E-state index is 0.302. The molecule has 136 valence electrons. The van der Waals surface area contributed by atoms with Gasteiger partial charge in [-0.25, -0.2) is 15.0 Å². The predicted molar refractivity (Wildman–Crippen MR) is 101 cm³/mol. The minimum Gasteiger partial charge on any atom is -0.377 e. The molecule has 7 heteroatoms. The van der Waals surface area contributed by atoms with Crippen molar-refractivity contribution in [3.8, 4) is 0 Å². The van der Waals surface area contributed by atoms with Gasteiger partial charge in [0.1, 0.15) is 12.4 Å². The Balaban J connectivity index is 1.74. The van der Waals surface area contributed by atoms with Crippen LogP contribution in [0, 0.1) is 6.92 Å². The first-order valence-electron chi connectivity index (χ1n) is 8.78. The number of hydrogen-bond donors (Lipinski definition) is 2. The molecule has 0 spiro atoms. The first-order valence-corrected chi connectivity index (χ1v) is 9.60. The third-order valence-electron chi connectivity index (χ3n) is 4.49. The molecule has 0 unspecified atom stereocenters. The Kier molecular flexibility index (Phi) is 5.66. The number of nitrogens with one attached hydrogen (secondary N) is 1. The molecule has 2 heterocycles. The largest absolute Gasteiger partial charge is 0.377 e. The van der Waals surface area contributed by atoms with E-state index in [2.05, 4.69) is 47.1 Å². The summed E-state index contributed by atoms with van der Waals surface area (Å²) in [5.41, 5.74) is 8.09. The Bertz CT molecular complexity index is 724. The second-order valence-corrected chi connectivity index (χ2v) is 8.14. The second kappa shape index (κ2) is 7.76. The van der Waals surface area contributed by atoms with Gasteiger partial charge in [0.15, 0.2) is 5.82 Å². The Morgan fingerprint density at radius 2 is 2.08 bits per heavy atom. The Morgan fingerprint density at radius 1 is 1.32 bits per heavy atom. The van der Waals surface area contributed by atoms with Gasteiger partial charge in [-0.1, -0.05) is 13.8 Å². The molecule has 0 amide bonds.